The highest BCUT2D eigenvalue weighted by molar-refractivity contribution is 7.99. The molecule has 1 spiro atoms. The predicted octanol–water partition coefficient (Wildman–Crippen LogP) is 3.87. The third kappa shape index (κ3) is 11.2. The number of carbonyl (C=O) groups is 3. The maximum Gasteiger partial charge on any atom is 0.248 e. The maximum absolute atomic E-state index is 14.1. The fourth-order valence-corrected chi connectivity index (χ4v) is 12.5. The van der Waals surface area contributed by atoms with Crippen molar-refractivity contribution in [3.05, 3.63) is 77.0 Å². The molecule has 0 radical (unpaired) electrons. The van der Waals surface area contributed by atoms with Crippen LogP contribution >= 0.6 is 23.4 Å². The van der Waals surface area contributed by atoms with Crippen molar-refractivity contribution < 1.29 is 29.3 Å². The molecule has 4 aromatic rings. The minimum Gasteiger partial charge on any atom is -0.391 e. The zero-order chi connectivity index (χ0) is 50.7. The second kappa shape index (κ2) is 22.7. The van der Waals surface area contributed by atoms with Crippen LogP contribution < -0.4 is 20.9 Å². The number of amides is 3. The van der Waals surface area contributed by atoms with Gasteiger partial charge >= 0.3 is 0 Å². The van der Waals surface area contributed by atoms with Gasteiger partial charge in [0.2, 0.25) is 17.7 Å². The van der Waals surface area contributed by atoms with Crippen molar-refractivity contribution in [1.82, 2.24) is 50.0 Å². The SMILES string of the molecule is Cc1cn([C@H](C(=O)N2C[C@H](O)C[C@H]2C(=O)N[C@@H](CCN2CCN(C(=O)C3CCN(c4nccc(Sc5cnc(N6CCC7(CC6)CO[C@@H](C)[C@H]7N)c(CO)n5)c4Cl)CC3)CC2)c2ccccc2)C(C)C)nn1. The van der Waals surface area contributed by atoms with Crippen molar-refractivity contribution in [2.75, 3.05) is 81.9 Å². The largest absolute Gasteiger partial charge is 0.391 e. The predicted molar refractivity (Wildman–Crippen MR) is 273 cm³/mol. The zero-order valence-electron chi connectivity index (χ0n) is 41.9. The Morgan fingerprint density at radius 3 is 2.36 bits per heavy atom. The Labute approximate surface area is 431 Å². The van der Waals surface area contributed by atoms with Gasteiger partial charge in [-0.25, -0.2) is 19.6 Å². The molecule has 5 aliphatic rings. The van der Waals surface area contributed by atoms with Crippen LogP contribution in [0.1, 0.15) is 88.3 Å². The molecule has 5 N–H and O–H groups in total. The van der Waals surface area contributed by atoms with E-state index in [0.29, 0.717) is 91.7 Å². The van der Waals surface area contributed by atoms with Gasteiger partial charge < -0.3 is 45.6 Å². The fourth-order valence-electron chi connectivity index (χ4n) is 11.3. The minimum atomic E-state index is -0.828. The molecular weight excluding hydrogens is 958 g/mol. The van der Waals surface area contributed by atoms with E-state index in [4.69, 9.17) is 32.0 Å². The Balaban J connectivity index is 0.751. The number of piperidine rings is 2. The summed E-state index contributed by atoms with van der Waals surface area (Å²) < 4.78 is 7.46. The molecule has 19 nitrogen and oxygen atoms in total. The number of nitrogens with two attached hydrogens (primary N) is 1. The Morgan fingerprint density at radius 1 is 0.986 bits per heavy atom. The van der Waals surface area contributed by atoms with E-state index in [-0.39, 0.29) is 72.7 Å². The lowest BCUT2D eigenvalue weighted by Crippen LogP contribution is -2.52. The monoisotopic (exact) mass is 1030 g/mol. The third-order valence-corrected chi connectivity index (χ3v) is 17.1. The Morgan fingerprint density at radius 2 is 1.71 bits per heavy atom. The minimum absolute atomic E-state index is 0.0121. The number of nitrogens with one attached hydrogen (secondary N) is 1. The maximum atomic E-state index is 14.1. The summed E-state index contributed by atoms with van der Waals surface area (Å²) in [5.41, 5.74) is 8.70. The molecule has 6 atom stereocenters. The quantitative estimate of drug-likeness (QED) is 0.133. The highest BCUT2D eigenvalue weighted by atomic mass is 35.5. The van der Waals surface area contributed by atoms with Crippen LogP contribution in [0.15, 0.2) is 64.9 Å². The van der Waals surface area contributed by atoms with Crippen LogP contribution in [0, 0.1) is 24.2 Å². The van der Waals surface area contributed by atoms with Gasteiger partial charge in [-0.1, -0.05) is 72.8 Å². The van der Waals surface area contributed by atoms with Gasteiger partial charge in [0.15, 0.2) is 5.82 Å². The topological polar surface area (TPSA) is 225 Å². The van der Waals surface area contributed by atoms with Crippen molar-refractivity contribution in [2.24, 2.45) is 23.0 Å². The number of anilines is 2. The summed E-state index contributed by atoms with van der Waals surface area (Å²) in [6.45, 7) is 14.4. The number of halogens is 1. The number of aliphatic hydroxyl groups is 2. The number of β-amino-alcohol motifs (C(OH)–C–C–N with tert-alkyl or cyclic N) is 1. The van der Waals surface area contributed by atoms with Crippen LogP contribution in [0.2, 0.25) is 5.02 Å². The fraction of sp³-hybridized carbons (Fsp3) is 0.608. The summed E-state index contributed by atoms with van der Waals surface area (Å²) in [4.78, 5) is 67.3. The Bertz CT molecular complexity index is 2520. The van der Waals surface area contributed by atoms with Crippen molar-refractivity contribution in [1.29, 1.82) is 0 Å². The Hall–Kier alpha value is -4.96. The average molecular weight is 1030 g/mol. The van der Waals surface area contributed by atoms with E-state index in [0.717, 1.165) is 49.5 Å². The summed E-state index contributed by atoms with van der Waals surface area (Å²) in [6.07, 6.45) is 8.40. The lowest BCUT2D eigenvalue weighted by Gasteiger charge is -2.41. The number of aromatic nitrogens is 6. The average Bonchev–Trinajstić information content (AvgIpc) is 4.09. The highest BCUT2D eigenvalue weighted by Gasteiger charge is 2.48. The molecule has 1 aromatic carbocycles. The number of rotatable bonds is 15. The number of aryl methyl sites for hydroxylation is 1. The van der Waals surface area contributed by atoms with E-state index < -0.39 is 18.2 Å². The molecule has 0 bridgehead atoms. The lowest BCUT2D eigenvalue weighted by atomic mass is 9.73. The molecule has 388 valence electrons. The first-order chi connectivity index (χ1) is 34.7. The molecule has 5 saturated heterocycles. The van der Waals surface area contributed by atoms with Gasteiger partial charge in [0.1, 0.15) is 28.6 Å². The van der Waals surface area contributed by atoms with Crippen molar-refractivity contribution in [2.45, 2.75) is 119 Å². The van der Waals surface area contributed by atoms with Gasteiger partial charge in [0, 0.05) is 107 Å². The summed E-state index contributed by atoms with van der Waals surface area (Å²) in [7, 11) is 0. The molecule has 3 amide bonds. The lowest BCUT2D eigenvalue weighted by molar-refractivity contribution is -0.142. The number of benzene rings is 1. The molecule has 0 unspecified atom stereocenters. The highest BCUT2D eigenvalue weighted by Crippen LogP contribution is 2.43. The normalized spacial score (nSPS) is 23.8. The molecule has 0 saturated carbocycles. The second-order valence-corrected chi connectivity index (χ2v) is 22.1. The number of carbonyl (C=O) groups excluding carboxylic acids is 3. The van der Waals surface area contributed by atoms with Crippen LogP contribution in [0.4, 0.5) is 11.6 Å². The molecule has 5 fully saturated rings. The van der Waals surface area contributed by atoms with Gasteiger partial charge in [-0.3, -0.25) is 19.3 Å². The van der Waals surface area contributed by atoms with E-state index >= 15 is 0 Å². The molecule has 5 aliphatic heterocycles. The first kappa shape index (κ1) is 51.9. The molecule has 3 aromatic heterocycles. The van der Waals surface area contributed by atoms with Crippen molar-refractivity contribution in [3.63, 3.8) is 0 Å². The molecule has 9 rings (SSSR count). The summed E-state index contributed by atoms with van der Waals surface area (Å²) in [5.74, 6) is 0.766. The number of aliphatic hydroxyl groups excluding tert-OH is 2. The van der Waals surface area contributed by atoms with E-state index in [1.165, 1.54) is 16.7 Å². The number of piperazine rings is 1. The summed E-state index contributed by atoms with van der Waals surface area (Å²) in [5, 5.41) is 33.8. The van der Waals surface area contributed by atoms with E-state index in [9.17, 15) is 24.6 Å². The van der Waals surface area contributed by atoms with E-state index in [2.05, 4.69) is 35.3 Å². The second-order valence-electron chi connectivity index (χ2n) is 20.7. The molecule has 8 heterocycles. The van der Waals surface area contributed by atoms with Gasteiger partial charge in [0.25, 0.3) is 0 Å². The van der Waals surface area contributed by atoms with Crippen molar-refractivity contribution in [3.8, 4) is 0 Å². The molecule has 21 heteroatoms. The van der Waals surface area contributed by atoms with Gasteiger partial charge in [0.05, 0.1) is 48.4 Å². The first-order valence-electron chi connectivity index (χ1n) is 25.6. The number of ether oxygens (including phenoxy) is 1. The number of hydrogen-bond donors (Lipinski definition) is 4. The van der Waals surface area contributed by atoms with Crippen LogP contribution in [-0.2, 0) is 25.7 Å². The third-order valence-electron chi connectivity index (χ3n) is 15.6. The zero-order valence-corrected chi connectivity index (χ0v) is 43.4. The van der Waals surface area contributed by atoms with Crippen LogP contribution in [0.5, 0.6) is 0 Å². The summed E-state index contributed by atoms with van der Waals surface area (Å²) in [6, 6.07) is 9.90. The molecular formula is C51H70ClN13O6S. The first-order valence-corrected chi connectivity index (χ1v) is 26.8. The Kier molecular flexibility index (Phi) is 16.3. The van der Waals surface area contributed by atoms with Crippen LogP contribution in [0.3, 0.4) is 0 Å². The summed E-state index contributed by atoms with van der Waals surface area (Å²) >= 11 is 8.44. The van der Waals surface area contributed by atoms with Gasteiger partial charge in [-0.15, -0.1) is 5.10 Å². The van der Waals surface area contributed by atoms with Gasteiger partial charge in [-0.2, -0.15) is 0 Å². The molecule has 72 heavy (non-hydrogen) atoms. The van der Waals surface area contributed by atoms with Crippen LogP contribution in [0.25, 0.3) is 0 Å². The standard InChI is InChI=1S/C51H70ClN13O6S/c1-32(2)44(65-28-33(3)58-59-65)50(70)64-29-37(67)26-40(64)48(68)57-38(35-8-6-5-7-9-35)13-17-60-22-24-63(25-23-60)49(69)36-11-18-61(19-12-36)47-43(52)41(10-16-54-47)72-42-27-55-46(39(30-66)56-42)62-20-14-51(15-21-62)31-71-34(4)45(51)53/h5-10,16,27-28,32,34,36-38,40,44-45,66-67H,11-15,17-26,29-31,53H2,1-4H3,(H,57,68)/t34-,37+,38-,40-,44-,45+/m0/s1. The number of likely N-dealkylation sites (tertiary alicyclic amines) is 1. The molecule has 0 aliphatic carbocycles. The van der Waals surface area contributed by atoms with Gasteiger partial charge in [-0.05, 0) is 63.5 Å². The smallest absolute Gasteiger partial charge is 0.248 e. The van der Waals surface area contributed by atoms with E-state index in [1.54, 1.807) is 23.3 Å². The number of pyridine rings is 1. The van der Waals surface area contributed by atoms with Crippen molar-refractivity contribution >= 4 is 52.7 Å². The van der Waals surface area contributed by atoms with E-state index in [1.807, 2.05) is 69.0 Å². The van der Waals surface area contributed by atoms with Crippen LogP contribution in [-0.4, -0.2) is 169 Å². The number of hydrogen-bond acceptors (Lipinski definition) is 16. The number of nitrogens with zero attached hydrogens (tertiary/aromatic N) is 11.